The number of halogens is 1. The number of hydrogen-bond acceptors (Lipinski definition) is 8. The molecule has 1 aromatic carbocycles. The lowest BCUT2D eigenvalue weighted by molar-refractivity contribution is 0.169. The van der Waals surface area contributed by atoms with Gasteiger partial charge in [-0.1, -0.05) is 30.6 Å². The Bertz CT molecular complexity index is 955. The molecule has 30 heavy (non-hydrogen) atoms. The maximum atomic E-state index is 11.6. The van der Waals surface area contributed by atoms with Crippen molar-refractivity contribution in [1.29, 1.82) is 0 Å². The van der Waals surface area contributed by atoms with Crippen LogP contribution >= 0.6 is 11.6 Å². The summed E-state index contributed by atoms with van der Waals surface area (Å²) in [6.07, 6.45) is 3.15. The van der Waals surface area contributed by atoms with E-state index in [1.165, 1.54) is 6.07 Å². The molecule has 3 rings (SSSR count). The first-order valence-electron chi connectivity index (χ1n) is 10.1. The third-order valence-corrected chi connectivity index (χ3v) is 6.90. The van der Waals surface area contributed by atoms with E-state index in [9.17, 15) is 8.42 Å². The van der Waals surface area contributed by atoms with Crippen molar-refractivity contribution in [3.63, 3.8) is 0 Å². The van der Waals surface area contributed by atoms with Crippen LogP contribution in [0.25, 0.3) is 0 Å². The maximum Gasteiger partial charge on any atom is 0.324 e. The highest BCUT2D eigenvalue weighted by atomic mass is 35.5. The highest BCUT2D eigenvalue weighted by Gasteiger charge is 2.25. The fourth-order valence-corrected chi connectivity index (χ4v) is 4.77. The average molecular weight is 457 g/mol. The van der Waals surface area contributed by atoms with Crippen LogP contribution in [0.5, 0.6) is 5.75 Å². The molecule has 0 saturated carbocycles. The molecule has 0 radical (unpaired) electrons. The van der Waals surface area contributed by atoms with E-state index < -0.39 is 9.84 Å². The van der Waals surface area contributed by atoms with Crippen LogP contribution in [-0.2, 0) is 9.84 Å². The lowest BCUT2D eigenvalue weighted by Crippen LogP contribution is -2.44. The molecule has 0 amide bonds. The zero-order valence-electron chi connectivity index (χ0n) is 17.8. The number of likely N-dealkylation sites (N-methyl/N-ethyl adjacent to an activating group) is 1. The molecule has 2 heterocycles. The predicted molar refractivity (Wildman–Crippen MR) is 116 cm³/mol. The number of aromatic nitrogens is 2. The van der Waals surface area contributed by atoms with E-state index in [-0.39, 0.29) is 15.8 Å². The van der Waals surface area contributed by atoms with Crippen molar-refractivity contribution in [2.24, 2.45) is 0 Å². The predicted octanol–water partition coefficient (Wildman–Crippen LogP) is 3.23. The maximum absolute atomic E-state index is 11.6. The summed E-state index contributed by atoms with van der Waals surface area (Å²) in [5, 5.41) is 4.22. The van der Waals surface area contributed by atoms with Gasteiger partial charge in [0.1, 0.15) is 12.4 Å². The number of ether oxygens (including phenoxy) is 1. The van der Waals surface area contributed by atoms with Gasteiger partial charge in [-0.2, -0.15) is 4.98 Å². The van der Waals surface area contributed by atoms with Gasteiger partial charge in [-0.15, -0.1) is 0 Å². The number of sulfone groups is 1. The van der Waals surface area contributed by atoms with Crippen LogP contribution in [0.15, 0.2) is 27.6 Å². The second-order valence-electron chi connectivity index (χ2n) is 8.00. The van der Waals surface area contributed by atoms with Crippen molar-refractivity contribution in [2.45, 2.75) is 43.5 Å². The molecule has 2 aromatic rings. The Kier molecular flexibility index (Phi) is 7.26. The minimum Gasteiger partial charge on any atom is -0.492 e. The Morgan fingerprint density at radius 3 is 2.60 bits per heavy atom. The first kappa shape index (κ1) is 22.8. The van der Waals surface area contributed by atoms with Gasteiger partial charge >= 0.3 is 6.01 Å². The average Bonchev–Trinajstić information content (AvgIpc) is 3.18. The van der Waals surface area contributed by atoms with Crippen molar-refractivity contribution in [3.05, 3.63) is 29.0 Å². The van der Waals surface area contributed by atoms with Crippen LogP contribution in [0.1, 0.15) is 38.4 Å². The fourth-order valence-electron chi connectivity index (χ4n) is 3.45. The third-order valence-electron chi connectivity index (χ3n) is 5.32. The molecule has 10 heteroatoms. The van der Waals surface area contributed by atoms with Crippen LogP contribution in [-0.4, -0.2) is 69.0 Å². The zero-order chi connectivity index (χ0) is 21.9. The van der Waals surface area contributed by atoms with E-state index in [4.69, 9.17) is 20.9 Å². The number of hydrogen-bond donors (Lipinski definition) is 0. The topological polar surface area (TPSA) is 88.8 Å². The van der Waals surface area contributed by atoms with Gasteiger partial charge in [-0.25, -0.2) is 8.42 Å². The van der Waals surface area contributed by atoms with Gasteiger partial charge in [0, 0.05) is 43.9 Å². The van der Waals surface area contributed by atoms with Crippen LogP contribution in [0, 0.1) is 0 Å². The first-order valence-corrected chi connectivity index (χ1v) is 12.3. The molecule has 166 valence electrons. The summed E-state index contributed by atoms with van der Waals surface area (Å²) in [4.78, 5) is 9.03. The summed E-state index contributed by atoms with van der Waals surface area (Å²) in [7, 11) is -1.25. The van der Waals surface area contributed by atoms with Gasteiger partial charge in [0.05, 0.1) is 9.92 Å². The first-order chi connectivity index (χ1) is 14.1. The monoisotopic (exact) mass is 456 g/mol. The highest BCUT2D eigenvalue weighted by molar-refractivity contribution is 7.90. The molecule has 1 aliphatic heterocycles. The van der Waals surface area contributed by atoms with Gasteiger partial charge in [-0.3, -0.25) is 4.90 Å². The SMILES string of the molecule is CC(C)c1noc(N2CCC(N(C)CCOc3ccc(S(C)(=O)=O)c(Cl)c3)CC2)n1. The van der Waals surface area contributed by atoms with E-state index in [0.29, 0.717) is 24.4 Å². The van der Waals surface area contributed by atoms with Gasteiger partial charge in [0.25, 0.3) is 0 Å². The minimum atomic E-state index is -3.34. The summed E-state index contributed by atoms with van der Waals surface area (Å²) in [5.74, 6) is 1.56. The second-order valence-corrected chi connectivity index (χ2v) is 10.4. The van der Waals surface area contributed by atoms with E-state index in [2.05, 4.69) is 27.0 Å². The number of nitrogens with zero attached hydrogens (tertiary/aromatic N) is 4. The van der Waals surface area contributed by atoms with Crippen LogP contribution in [0.4, 0.5) is 6.01 Å². The molecule has 0 aliphatic carbocycles. The molecule has 0 N–H and O–H groups in total. The molecule has 1 fully saturated rings. The Labute approximate surface area is 183 Å². The molecule has 0 bridgehead atoms. The molecular formula is C20H29ClN4O4S. The van der Waals surface area contributed by atoms with Crippen molar-refractivity contribution >= 4 is 27.5 Å². The Morgan fingerprint density at radius 2 is 2.03 bits per heavy atom. The molecule has 1 aromatic heterocycles. The third kappa shape index (κ3) is 5.65. The fraction of sp³-hybridized carbons (Fsp3) is 0.600. The summed E-state index contributed by atoms with van der Waals surface area (Å²) < 4.78 is 34.4. The minimum absolute atomic E-state index is 0.113. The van der Waals surface area contributed by atoms with Crippen molar-refractivity contribution in [2.75, 3.05) is 44.4 Å². The van der Waals surface area contributed by atoms with E-state index in [1.54, 1.807) is 12.1 Å². The number of piperidine rings is 1. The van der Waals surface area contributed by atoms with Gasteiger partial charge in [0.15, 0.2) is 15.7 Å². The zero-order valence-corrected chi connectivity index (χ0v) is 19.4. The molecule has 8 nitrogen and oxygen atoms in total. The van der Waals surface area contributed by atoms with Gasteiger partial charge < -0.3 is 14.2 Å². The van der Waals surface area contributed by atoms with Gasteiger partial charge in [-0.05, 0) is 32.0 Å². The highest BCUT2D eigenvalue weighted by Crippen LogP contribution is 2.26. The summed E-state index contributed by atoms with van der Waals surface area (Å²) in [6, 6.07) is 5.73. The lowest BCUT2D eigenvalue weighted by Gasteiger charge is -2.35. The summed E-state index contributed by atoms with van der Waals surface area (Å²) >= 11 is 6.07. The molecular weight excluding hydrogens is 428 g/mol. The molecule has 0 unspecified atom stereocenters. The van der Waals surface area contributed by atoms with Crippen molar-refractivity contribution in [1.82, 2.24) is 15.0 Å². The number of anilines is 1. The largest absolute Gasteiger partial charge is 0.492 e. The Morgan fingerprint density at radius 1 is 1.33 bits per heavy atom. The Hall–Kier alpha value is -1.84. The van der Waals surface area contributed by atoms with Crippen LogP contribution < -0.4 is 9.64 Å². The van der Waals surface area contributed by atoms with Crippen LogP contribution in [0.2, 0.25) is 5.02 Å². The second kappa shape index (κ2) is 9.53. The van der Waals surface area contributed by atoms with Crippen LogP contribution in [0.3, 0.4) is 0 Å². The summed E-state index contributed by atoms with van der Waals surface area (Å²) in [5.41, 5.74) is 0. The normalized spacial score (nSPS) is 15.9. The van der Waals surface area contributed by atoms with Crippen molar-refractivity contribution < 1.29 is 17.7 Å². The summed E-state index contributed by atoms with van der Waals surface area (Å²) in [6.45, 7) is 7.09. The standard InChI is InChI=1S/C20H29ClN4O4S/c1-14(2)19-22-20(29-23-19)25-9-7-15(8-10-25)24(3)11-12-28-16-5-6-18(17(21)13-16)30(4,26)27/h5-6,13-15H,7-12H2,1-4H3. The van der Waals surface area contributed by atoms with E-state index in [0.717, 1.165) is 44.6 Å². The Balaban J connectivity index is 1.45. The molecule has 0 atom stereocenters. The van der Waals surface area contributed by atoms with E-state index >= 15 is 0 Å². The smallest absolute Gasteiger partial charge is 0.324 e. The lowest BCUT2D eigenvalue weighted by atomic mass is 10.0. The molecule has 0 spiro atoms. The van der Waals surface area contributed by atoms with Gasteiger partial charge in [0.2, 0.25) is 0 Å². The quantitative estimate of drug-likeness (QED) is 0.598. The number of rotatable bonds is 8. The molecule has 1 aliphatic rings. The molecule has 1 saturated heterocycles. The number of benzene rings is 1. The van der Waals surface area contributed by atoms with Crippen molar-refractivity contribution in [3.8, 4) is 5.75 Å². The van der Waals surface area contributed by atoms with E-state index in [1.807, 2.05) is 13.8 Å².